The number of aryl methyl sites for hydroxylation is 1. The molecule has 37 heavy (non-hydrogen) atoms. The van der Waals surface area contributed by atoms with E-state index in [-0.39, 0.29) is 30.9 Å². The van der Waals surface area contributed by atoms with E-state index in [0.717, 1.165) is 16.7 Å². The summed E-state index contributed by atoms with van der Waals surface area (Å²) in [7, 11) is 1.61. The second-order valence-electron chi connectivity index (χ2n) is 8.43. The molecule has 2 aromatic rings. The SMILES string of the molecule is C=CC/C=C(\C=C/C(C)OC)CN(C[C@@]1(c2cc3c(CC)nccc3o2)NC(=O)NC1=O)C(C)=O.CC. The molecule has 0 bridgehead atoms. The van der Waals surface area contributed by atoms with Gasteiger partial charge in [-0.15, -0.1) is 6.58 Å². The van der Waals surface area contributed by atoms with Crippen molar-refractivity contribution in [3.63, 3.8) is 0 Å². The number of methoxy groups -OCH3 is 1. The number of imide groups is 1. The summed E-state index contributed by atoms with van der Waals surface area (Å²) in [5.74, 6) is -0.605. The largest absolute Gasteiger partial charge is 0.458 e. The fraction of sp³-hybridized carbons (Fsp3) is 0.429. The molecule has 1 aliphatic rings. The Hall–Kier alpha value is -3.72. The normalized spacial score (nSPS) is 18.3. The van der Waals surface area contributed by atoms with Crippen LogP contribution in [0.15, 0.2) is 59.2 Å². The monoisotopic (exact) mass is 510 g/mol. The third-order valence-electron chi connectivity index (χ3n) is 5.97. The van der Waals surface area contributed by atoms with Crippen LogP contribution in [-0.4, -0.2) is 54.0 Å². The van der Waals surface area contributed by atoms with Crippen molar-refractivity contribution in [2.24, 2.45) is 0 Å². The summed E-state index contributed by atoms with van der Waals surface area (Å²) in [6.45, 7) is 13.1. The quantitative estimate of drug-likeness (QED) is 0.263. The summed E-state index contributed by atoms with van der Waals surface area (Å²) >= 11 is 0. The number of nitrogens with zero attached hydrogens (tertiary/aromatic N) is 2. The van der Waals surface area contributed by atoms with Gasteiger partial charge in [0, 0.05) is 32.2 Å². The van der Waals surface area contributed by atoms with Gasteiger partial charge in [-0.3, -0.25) is 19.9 Å². The number of ether oxygens (including phenoxy) is 1. The van der Waals surface area contributed by atoms with Crippen molar-refractivity contribution in [1.29, 1.82) is 0 Å². The molecule has 2 N–H and O–H groups in total. The minimum Gasteiger partial charge on any atom is -0.458 e. The molecule has 1 fully saturated rings. The molecule has 1 unspecified atom stereocenters. The lowest BCUT2D eigenvalue weighted by molar-refractivity contribution is -0.132. The van der Waals surface area contributed by atoms with E-state index < -0.39 is 17.5 Å². The van der Waals surface area contributed by atoms with Crippen molar-refractivity contribution in [2.45, 2.75) is 59.1 Å². The molecule has 0 aromatic carbocycles. The van der Waals surface area contributed by atoms with E-state index in [2.05, 4.69) is 22.2 Å². The van der Waals surface area contributed by atoms with E-state index in [1.165, 1.54) is 11.8 Å². The maximum atomic E-state index is 13.1. The summed E-state index contributed by atoms with van der Waals surface area (Å²) in [6, 6.07) is 2.78. The highest BCUT2D eigenvalue weighted by molar-refractivity contribution is 6.08. The van der Waals surface area contributed by atoms with Gasteiger partial charge in [0.25, 0.3) is 5.91 Å². The first-order chi connectivity index (χ1) is 17.7. The number of carbonyl (C=O) groups is 3. The van der Waals surface area contributed by atoms with Crippen molar-refractivity contribution in [3.8, 4) is 0 Å². The summed E-state index contributed by atoms with van der Waals surface area (Å²) in [5, 5.41) is 5.77. The van der Waals surface area contributed by atoms with Gasteiger partial charge in [0.05, 0.1) is 18.3 Å². The number of carbonyl (C=O) groups excluding carboxylic acids is 3. The molecule has 0 spiro atoms. The molecule has 200 valence electrons. The fourth-order valence-electron chi connectivity index (χ4n) is 3.91. The first-order valence-corrected chi connectivity index (χ1v) is 12.5. The predicted molar refractivity (Wildman–Crippen MR) is 144 cm³/mol. The standard InChI is InChI=1S/C26H32N4O5.C2H6/c1-6-8-9-19(11-10-17(3)34-5)15-30(18(4)31)16-26(24(32)28-25(33)29-26)23-14-20-21(7-2)27-13-12-22(20)35-23;1-2/h6,9-14,17H,1,7-8,15-16H2,2-5H3,(H2,28,29,32,33);1-2H3/b11-10-,19-9+;/t17?,26-;/m0./s1. The topological polar surface area (TPSA) is 114 Å². The molecule has 1 saturated heterocycles. The van der Waals surface area contributed by atoms with Gasteiger partial charge in [0.15, 0.2) is 5.54 Å². The molecular formula is C28H38N4O5. The van der Waals surface area contributed by atoms with Gasteiger partial charge in [-0.25, -0.2) is 4.79 Å². The van der Waals surface area contributed by atoms with Crippen LogP contribution in [0.1, 0.15) is 52.5 Å². The van der Waals surface area contributed by atoms with Crippen LogP contribution in [0.5, 0.6) is 0 Å². The number of hydrogen-bond acceptors (Lipinski definition) is 6. The van der Waals surface area contributed by atoms with Gasteiger partial charge >= 0.3 is 6.03 Å². The second-order valence-corrected chi connectivity index (χ2v) is 8.43. The maximum absolute atomic E-state index is 13.1. The van der Waals surface area contributed by atoms with E-state index >= 15 is 0 Å². The number of aromatic nitrogens is 1. The molecule has 2 atom stereocenters. The average Bonchev–Trinajstić information content (AvgIpc) is 3.46. The third-order valence-corrected chi connectivity index (χ3v) is 5.97. The number of nitrogens with one attached hydrogen (secondary N) is 2. The van der Waals surface area contributed by atoms with Crippen LogP contribution in [0, 0.1) is 0 Å². The van der Waals surface area contributed by atoms with Gasteiger partial charge in [0.2, 0.25) is 5.91 Å². The summed E-state index contributed by atoms with van der Waals surface area (Å²) in [5.41, 5.74) is 0.622. The lowest BCUT2D eigenvalue weighted by atomic mass is 9.94. The van der Waals surface area contributed by atoms with E-state index in [1.807, 2.05) is 45.9 Å². The number of fused-ring (bicyclic) bond motifs is 1. The number of amides is 4. The van der Waals surface area contributed by atoms with Crippen molar-refractivity contribution in [1.82, 2.24) is 20.5 Å². The van der Waals surface area contributed by atoms with E-state index in [9.17, 15) is 14.4 Å². The molecule has 1 aliphatic heterocycles. The molecule has 9 nitrogen and oxygen atoms in total. The van der Waals surface area contributed by atoms with E-state index in [4.69, 9.17) is 9.15 Å². The Kier molecular flexibility index (Phi) is 10.8. The molecule has 0 saturated carbocycles. The van der Waals surface area contributed by atoms with Crippen molar-refractivity contribution in [3.05, 3.63) is 66.2 Å². The second kappa shape index (κ2) is 13.5. The number of pyridine rings is 1. The molecule has 0 aliphatic carbocycles. The zero-order valence-corrected chi connectivity index (χ0v) is 22.6. The number of furan rings is 1. The third kappa shape index (κ3) is 6.95. The van der Waals surface area contributed by atoms with Crippen molar-refractivity contribution in [2.75, 3.05) is 20.2 Å². The van der Waals surface area contributed by atoms with Crippen molar-refractivity contribution >= 4 is 28.8 Å². The van der Waals surface area contributed by atoms with Crippen molar-refractivity contribution < 1.29 is 23.5 Å². The van der Waals surface area contributed by atoms with Crippen LogP contribution in [0.4, 0.5) is 4.79 Å². The molecule has 0 radical (unpaired) electrons. The van der Waals surface area contributed by atoms with Gasteiger partial charge in [0.1, 0.15) is 11.3 Å². The number of hydrogen-bond donors (Lipinski definition) is 2. The van der Waals surface area contributed by atoms with Crippen LogP contribution < -0.4 is 10.6 Å². The smallest absolute Gasteiger partial charge is 0.322 e. The first-order valence-electron chi connectivity index (χ1n) is 12.5. The van der Waals surface area contributed by atoms with Crippen LogP contribution in [0.25, 0.3) is 11.0 Å². The Morgan fingerprint density at radius 3 is 2.65 bits per heavy atom. The minimum atomic E-state index is -1.58. The summed E-state index contributed by atoms with van der Waals surface area (Å²) < 4.78 is 11.3. The number of urea groups is 1. The lowest BCUT2D eigenvalue weighted by Crippen LogP contribution is -2.53. The highest BCUT2D eigenvalue weighted by atomic mass is 16.5. The fourth-order valence-corrected chi connectivity index (χ4v) is 3.91. The minimum absolute atomic E-state index is 0.115. The Morgan fingerprint density at radius 2 is 2.08 bits per heavy atom. The van der Waals surface area contributed by atoms with Gasteiger partial charge in [-0.1, -0.05) is 45.1 Å². The van der Waals surface area contributed by atoms with Crippen LogP contribution in [0.2, 0.25) is 0 Å². The lowest BCUT2D eigenvalue weighted by Gasteiger charge is -2.31. The molecule has 2 aromatic heterocycles. The molecule has 3 heterocycles. The highest BCUT2D eigenvalue weighted by Crippen LogP contribution is 2.33. The zero-order valence-electron chi connectivity index (χ0n) is 22.6. The molecule has 3 rings (SSSR count). The highest BCUT2D eigenvalue weighted by Gasteiger charge is 2.52. The van der Waals surface area contributed by atoms with Gasteiger partial charge < -0.3 is 19.4 Å². The Balaban J connectivity index is 0.00000235. The van der Waals surface area contributed by atoms with Crippen LogP contribution in [0.3, 0.4) is 0 Å². The summed E-state index contributed by atoms with van der Waals surface area (Å²) in [4.78, 5) is 44.0. The predicted octanol–water partition coefficient (Wildman–Crippen LogP) is 4.39. The van der Waals surface area contributed by atoms with E-state index in [0.29, 0.717) is 18.4 Å². The van der Waals surface area contributed by atoms with Gasteiger partial charge in [-0.05, 0) is 37.5 Å². The Labute approximate surface area is 218 Å². The summed E-state index contributed by atoms with van der Waals surface area (Å²) in [6.07, 6.45) is 10.3. The Bertz CT molecular complexity index is 1180. The average molecular weight is 511 g/mol. The maximum Gasteiger partial charge on any atom is 0.322 e. The number of rotatable bonds is 11. The molecular weight excluding hydrogens is 472 g/mol. The van der Waals surface area contributed by atoms with E-state index in [1.54, 1.807) is 31.5 Å². The molecule has 4 amide bonds. The van der Waals surface area contributed by atoms with Crippen LogP contribution >= 0.6 is 0 Å². The number of allylic oxidation sites excluding steroid dienone is 2. The molecule has 9 heteroatoms. The Morgan fingerprint density at radius 1 is 1.35 bits per heavy atom. The first kappa shape index (κ1) is 29.5. The van der Waals surface area contributed by atoms with Gasteiger partial charge in [-0.2, -0.15) is 0 Å². The van der Waals surface area contributed by atoms with Crippen LogP contribution in [-0.2, 0) is 26.3 Å². The zero-order chi connectivity index (χ0) is 27.6.